The minimum atomic E-state index is -0.605. The van der Waals surface area contributed by atoms with Crippen molar-refractivity contribution in [3.8, 4) is 11.5 Å². The lowest BCUT2D eigenvalue weighted by Crippen LogP contribution is -2.09. The van der Waals surface area contributed by atoms with Crippen LogP contribution in [0, 0.1) is 0 Å². The van der Waals surface area contributed by atoms with Crippen molar-refractivity contribution in [2.24, 2.45) is 4.99 Å². The second-order valence-electron chi connectivity index (χ2n) is 7.14. The van der Waals surface area contributed by atoms with Gasteiger partial charge in [0.05, 0.1) is 12.7 Å². The summed E-state index contributed by atoms with van der Waals surface area (Å²) >= 11 is 0. The minimum absolute atomic E-state index is 0.100. The maximum atomic E-state index is 12.3. The largest absolute Gasteiger partial charge is 0.493 e. The summed E-state index contributed by atoms with van der Waals surface area (Å²) in [6.45, 7) is 1.42. The number of esters is 2. The molecule has 0 spiro atoms. The van der Waals surface area contributed by atoms with Crippen molar-refractivity contribution in [2.75, 3.05) is 12.4 Å². The van der Waals surface area contributed by atoms with E-state index in [0.717, 1.165) is 0 Å². The first kappa shape index (κ1) is 22.4. The van der Waals surface area contributed by atoms with E-state index < -0.39 is 11.9 Å². The van der Waals surface area contributed by atoms with Gasteiger partial charge in [-0.3, -0.25) is 9.78 Å². The molecule has 2 heterocycles. The van der Waals surface area contributed by atoms with Crippen molar-refractivity contribution in [3.63, 3.8) is 0 Å². The van der Waals surface area contributed by atoms with Gasteiger partial charge in [-0.05, 0) is 60.2 Å². The molecule has 0 atom stereocenters. The molecule has 0 aliphatic carbocycles. The number of hydrogen-bond acceptors (Lipinski definition) is 8. The van der Waals surface area contributed by atoms with E-state index in [1.807, 2.05) is 0 Å². The predicted molar refractivity (Wildman–Crippen MR) is 124 cm³/mol. The fraction of sp³-hybridized carbons (Fsp3) is 0.0800. The zero-order valence-corrected chi connectivity index (χ0v) is 18.3. The van der Waals surface area contributed by atoms with Gasteiger partial charge in [-0.25, -0.2) is 14.6 Å². The second-order valence-corrected chi connectivity index (χ2v) is 7.14. The van der Waals surface area contributed by atoms with E-state index >= 15 is 0 Å². The molecule has 0 unspecified atom stereocenters. The van der Waals surface area contributed by atoms with Crippen LogP contribution in [0.25, 0.3) is 6.08 Å². The molecule has 0 radical (unpaired) electrons. The minimum Gasteiger partial charge on any atom is -0.493 e. The number of benzene rings is 2. The van der Waals surface area contributed by atoms with E-state index in [2.05, 4.69) is 15.3 Å². The number of nitrogens with one attached hydrogen (secondary N) is 1. The quantitative estimate of drug-likeness (QED) is 0.341. The first-order valence-corrected chi connectivity index (χ1v) is 10.1. The number of carbonyl (C=O) groups excluding carboxylic acids is 3. The molecule has 0 saturated carbocycles. The summed E-state index contributed by atoms with van der Waals surface area (Å²) in [7, 11) is 1.44. The van der Waals surface area contributed by atoms with Gasteiger partial charge in [0.15, 0.2) is 17.2 Å². The van der Waals surface area contributed by atoms with Gasteiger partial charge < -0.3 is 19.5 Å². The van der Waals surface area contributed by atoms with Crippen molar-refractivity contribution < 1.29 is 28.6 Å². The van der Waals surface area contributed by atoms with Crippen LogP contribution in [-0.2, 0) is 14.3 Å². The molecule has 1 aliphatic heterocycles. The standard InChI is InChI=1S/C25H19N3O6/c1-15(29)27-19-8-6-17(7-9-19)23-28-20(25(31)34-23)12-16-5-10-21(22(13-16)32-2)33-24(30)18-4-3-11-26-14-18/h3-14H,1-2H3,(H,27,29)/b20-12-. The Morgan fingerprint density at radius 1 is 1.06 bits per heavy atom. The monoisotopic (exact) mass is 457 g/mol. The molecular formula is C25H19N3O6. The Bertz CT molecular complexity index is 1310. The number of anilines is 1. The fourth-order valence-corrected chi connectivity index (χ4v) is 3.09. The number of hydrogen-bond donors (Lipinski definition) is 1. The molecule has 1 aliphatic rings. The molecule has 1 aromatic heterocycles. The van der Waals surface area contributed by atoms with E-state index in [1.54, 1.807) is 60.8 Å². The zero-order valence-electron chi connectivity index (χ0n) is 18.3. The number of pyridine rings is 1. The van der Waals surface area contributed by atoms with E-state index in [0.29, 0.717) is 28.1 Å². The number of cyclic esters (lactones) is 1. The Morgan fingerprint density at radius 2 is 1.85 bits per heavy atom. The number of amides is 1. The van der Waals surface area contributed by atoms with Gasteiger partial charge in [0, 0.05) is 30.6 Å². The summed E-state index contributed by atoms with van der Waals surface area (Å²) in [6, 6.07) is 14.8. The summed E-state index contributed by atoms with van der Waals surface area (Å²) in [5, 5.41) is 2.66. The summed E-state index contributed by atoms with van der Waals surface area (Å²) in [5.41, 5.74) is 2.20. The normalized spacial score (nSPS) is 13.8. The smallest absolute Gasteiger partial charge is 0.363 e. The molecule has 2 aromatic carbocycles. The molecule has 3 aromatic rings. The lowest BCUT2D eigenvalue weighted by atomic mass is 10.1. The SMILES string of the molecule is COc1cc(/C=C2\N=C(c3ccc(NC(C)=O)cc3)OC2=O)ccc1OC(=O)c1cccnc1. The first-order valence-electron chi connectivity index (χ1n) is 10.1. The number of aliphatic imine (C=N–C) groups is 1. The summed E-state index contributed by atoms with van der Waals surface area (Å²) in [5.74, 6) is -0.690. The van der Waals surface area contributed by atoms with Crippen LogP contribution in [0.3, 0.4) is 0 Å². The summed E-state index contributed by atoms with van der Waals surface area (Å²) in [4.78, 5) is 44.0. The zero-order chi connectivity index (χ0) is 24.1. The molecule has 0 saturated heterocycles. The van der Waals surface area contributed by atoms with E-state index in [4.69, 9.17) is 14.2 Å². The number of aromatic nitrogens is 1. The topological polar surface area (TPSA) is 116 Å². The molecule has 34 heavy (non-hydrogen) atoms. The Labute approximate surface area is 194 Å². The predicted octanol–water partition coefficient (Wildman–Crippen LogP) is 3.61. The Morgan fingerprint density at radius 3 is 2.53 bits per heavy atom. The molecule has 1 amide bonds. The summed E-state index contributed by atoms with van der Waals surface area (Å²) in [6.07, 6.45) is 4.50. The lowest BCUT2D eigenvalue weighted by molar-refractivity contribution is -0.129. The highest BCUT2D eigenvalue weighted by atomic mass is 16.6. The van der Waals surface area contributed by atoms with Gasteiger partial charge in [-0.1, -0.05) is 6.07 Å². The average molecular weight is 457 g/mol. The van der Waals surface area contributed by atoms with Gasteiger partial charge in [-0.2, -0.15) is 0 Å². The molecule has 0 bridgehead atoms. The number of rotatable bonds is 6. The maximum absolute atomic E-state index is 12.3. The van der Waals surface area contributed by atoms with E-state index in [-0.39, 0.29) is 23.3 Å². The highest BCUT2D eigenvalue weighted by Gasteiger charge is 2.24. The second kappa shape index (κ2) is 9.78. The third-order valence-electron chi connectivity index (χ3n) is 4.66. The average Bonchev–Trinajstić information content (AvgIpc) is 3.20. The van der Waals surface area contributed by atoms with Gasteiger partial charge in [0.1, 0.15) is 0 Å². The van der Waals surface area contributed by atoms with Crippen molar-refractivity contribution in [1.82, 2.24) is 4.98 Å². The summed E-state index contributed by atoms with van der Waals surface area (Å²) < 4.78 is 16.0. The van der Waals surface area contributed by atoms with Crippen molar-refractivity contribution in [3.05, 3.63) is 89.4 Å². The first-order chi connectivity index (χ1) is 16.4. The van der Waals surface area contributed by atoms with Gasteiger partial charge in [0.25, 0.3) is 0 Å². The van der Waals surface area contributed by atoms with Crippen LogP contribution in [-0.4, -0.2) is 35.8 Å². The van der Waals surface area contributed by atoms with Crippen molar-refractivity contribution in [2.45, 2.75) is 6.92 Å². The van der Waals surface area contributed by atoms with Crippen LogP contribution in [0.1, 0.15) is 28.4 Å². The van der Waals surface area contributed by atoms with Crippen LogP contribution in [0.2, 0.25) is 0 Å². The number of nitrogens with zero attached hydrogens (tertiary/aromatic N) is 2. The maximum Gasteiger partial charge on any atom is 0.363 e. The van der Waals surface area contributed by atoms with Crippen LogP contribution in [0.5, 0.6) is 11.5 Å². The van der Waals surface area contributed by atoms with E-state index in [9.17, 15) is 14.4 Å². The molecule has 4 rings (SSSR count). The Balaban J connectivity index is 1.53. The molecule has 170 valence electrons. The van der Waals surface area contributed by atoms with Gasteiger partial charge >= 0.3 is 11.9 Å². The fourth-order valence-electron chi connectivity index (χ4n) is 3.09. The lowest BCUT2D eigenvalue weighted by Gasteiger charge is -2.10. The Hall–Kier alpha value is -4.79. The van der Waals surface area contributed by atoms with Crippen LogP contribution >= 0.6 is 0 Å². The number of ether oxygens (including phenoxy) is 3. The van der Waals surface area contributed by atoms with Crippen molar-refractivity contribution >= 4 is 35.5 Å². The van der Waals surface area contributed by atoms with Crippen LogP contribution in [0.4, 0.5) is 5.69 Å². The van der Waals surface area contributed by atoms with Crippen LogP contribution < -0.4 is 14.8 Å². The van der Waals surface area contributed by atoms with Crippen LogP contribution in [0.15, 0.2) is 77.7 Å². The molecule has 9 nitrogen and oxygen atoms in total. The molecule has 1 N–H and O–H groups in total. The molecule has 0 fully saturated rings. The third kappa shape index (κ3) is 5.16. The highest BCUT2D eigenvalue weighted by Crippen LogP contribution is 2.30. The Kier molecular flexibility index (Phi) is 6.45. The molecular weight excluding hydrogens is 438 g/mol. The molecule has 9 heteroatoms. The van der Waals surface area contributed by atoms with Gasteiger partial charge in [0.2, 0.25) is 11.8 Å². The van der Waals surface area contributed by atoms with Gasteiger partial charge in [-0.15, -0.1) is 0 Å². The highest BCUT2D eigenvalue weighted by molar-refractivity contribution is 6.13. The number of carbonyl (C=O) groups is 3. The number of methoxy groups -OCH3 is 1. The van der Waals surface area contributed by atoms with Crippen molar-refractivity contribution in [1.29, 1.82) is 0 Å². The third-order valence-corrected chi connectivity index (χ3v) is 4.66. The van der Waals surface area contributed by atoms with E-state index in [1.165, 1.54) is 26.3 Å².